The lowest BCUT2D eigenvalue weighted by molar-refractivity contribution is -0.134. The molecule has 1 aliphatic heterocycles. The normalized spacial score (nSPS) is 14.8. The van der Waals surface area contributed by atoms with Crippen molar-refractivity contribution >= 4 is 28.8 Å². The molecule has 0 aliphatic carbocycles. The summed E-state index contributed by atoms with van der Waals surface area (Å²) in [5.74, 6) is -0.374. The summed E-state index contributed by atoms with van der Waals surface area (Å²) >= 11 is 0. The molecule has 0 spiro atoms. The average molecular weight is 363 g/mol. The topological polar surface area (TPSA) is 56.6 Å². The molecule has 1 aromatic heterocycles. The molecular weight excluding hydrogens is 342 g/mol. The van der Waals surface area contributed by atoms with E-state index in [-0.39, 0.29) is 5.97 Å². The zero-order chi connectivity index (χ0) is 18.6. The molecule has 0 amide bonds. The number of anilines is 1. The number of morpholine rings is 1. The van der Waals surface area contributed by atoms with Crippen molar-refractivity contribution in [3.05, 3.63) is 60.4 Å². The number of nitrogens with zero attached hydrogens (tertiary/aromatic N) is 3. The van der Waals surface area contributed by atoms with Gasteiger partial charge < -0.3 is 14.4 Å². The molecule has 0 atom stereocenters. The van der Waals surface area contributed by atoms with Gasteiger partial charge in [-0.2, -0.15) is 0 Å². The van der Waals surface area contributed by atoms with Crippen molar-refractivity contribution in [2.75, 3.05) is 38.3 Å². The van der Waals surface area contributed by atoms with Gasteiger partial charge in [0, 0.05) is 30.5 Å². The largest absolute Gasteiger partial charge is 0.466 e. The van der Waals surface area contributed by atoms with Gasteiger partial charge in [-0.05, 0) is 42.0 Å². The molecule has 0 N–H and O–H groups in total. The molecule has 27 heavy (non-hydrogen) atoms. The number of hydrogen-bond donors (Lipinski definition) is 0. The Morgan fingerprint density at radius 3 is 2.78 bits per heavy atom. The average Bonchev–Trinajstić information content (AvgIpc) is 3.16. The van der Waals surface area contributed by atoms with Crippen molar-refractivity contribution in [3.63, 3.8) is 0 Å². The summed E-state index contributed by atoms with van der Waals surface area (Å²) in [7, 11) is 1.36. The maximum atomic E-state index is 11.3. The number of esters is 1. The fraction of sp³-hybridized carbons (Fsp3) is 0.238. The van der Waals surface area contributed by atoms with Gasteiger partial charge in [-0.1, -0.05) is 12.1 Å². The first-order valence-electron chi connectivity index (χ1n) is 8.91. The van der Waals surface area contributed by atoms with Gasteiger partial charge in [0.2, 0.25) is 0 Å². The third kappa shape index (κ3) is 3.71. The van der Waals surface area contributed by atoms with Crippen LogP contribution in [0, 0.1) is 0 Å². The molecule has 1 aliphatic rings. The van der Waals surface area contributed by atoms with Crippen molar-refractivity contribution in [1.82, 2.24) is 9.55 Å². The van der Waals surface area contributed by atoms with Gasteiger partial charge in [0.15, 0.2) is 0 Å². The Kier molecular flexibility index (Phi) is 4.89. The van der Waals surface area contributed by atoms with Gasteiger partial charge in [0.1, 0.15) is 6.33 Å². The number of carbonyl (C=O) groups is 1. The SMILES string of the molecule is COC(=O)C=Cc1ccc2c(c1)ncn2-c1cccc(N2CCOCC2)c1. The molecule has 1 saturated heterocycles. The number of fused-ring (bicyclic) bond motifs is 1. The van der Waals surface area contributed by atoms with Crippen LogP contribution in [0.5, 0.6) is 0 Å². The zero-order valence-corrected chi connectivity index (χ0v) is 15.2. The summed E-state index contributed by atoms with van der Waals surface area (Å²) in [4.78, 5) is 18.1. The van der Waals surface area contributed by atoms with Crippen LogP contribution in [0.2, 0.25) is 0 Å². The highest BCUT2D eigenvalue weighted by Crippen LogP contribution is 2.24. The molecule has 138 valence electrons. The Bertz CT molecular complexity index is 987. The first-order chi connectivity index (χ1) is 13.2. The molecule has 2 heterocycles. The number of rotatable bonds is 4. The van der Waals surface area contributed by atoms with Crippen LogP contribution < -0.4 is 4.90 Å². The van der Waals surface area contributed by atoms with Crippen LogP contribution in [0.3, 0.4) is 0 Å². The number of aromatic nitrogens is 2. The van der Waals surface area contributed by atoms with E-state index in [0.717, 1.165) is 48.6 Å². The van der Waals surface area contributed by atoms with Gasteiger partial charge in [-0.25, -0.2) is 9.78 Å². The Morgan fingerprint density at radius 1 is 1.15 bits per heavy atom. The number of carbonyl (C=O) groups excluding carboxylic acids is 1. The molecule has 6 nitrogen and oxygen atoms in total. The van der Waals surface area contributed by atoms with Crippen LogP contribution in [0.25, 0.3) is 22.8 Å². The second-order valence-corrected chi connectivity index (χ2v) is 6.34. The molecule has 1 fully saturated rings. The number of hydrogen-bond acceptors (Lipinski definition) is 5. The summed E-state index contributed by atoms with van der Waals surface area (Å²) in [5.41, 5.74) is 5.05. The monoisotopic (exact) mass is 363 g/mol. The molecule has 0 bridgehead atoms. The van der Waals surface area contributed by atoms with Gasteiger partial charge in [-0.15, -0.1) is 0 Å². The van der Waals surface area contributed by atoms with Crippen LogP contribution >= 0.6 is 0 Å². The zero-order valence-electron chi connectivity index (χ0n) is 15.2. The Hall–Kier alpha value is -3.12. The van der Waals surface area contributed by atoms with Gasteiger partial charge in [0.25, 0.3) is 0 Å². The number of methoxy groups -OCH3 is 1. The molecular formula is C21H21N3O3. The van der Waals surface area contributed by atoms with Crippen LogP contribution in [-0.4, -0.2) is 48.9 Å². The molecule has 2 aromatic carbocycles. The minimum Gasteiger partial charge on any atom is -0.466 e. The lowest BCUT2D eigenvalue weighted by atomic mass is 10.2. The Morgan fingerprint density at radius 2 is 1.96 bits per heavy atom. The van der Waals surface area contributed by atoms with Crippen molar-refractivity contribution < 1.29 is 14.3 Å². The summed E-state index contributed by atoms with van der Waals surface area (Å²) in [6, 6.07) is 14.4. The highest BCUT2D eigenvalue weighted by atomic mass is 16.5. The van der Waals surface area contributed by atoms with E-state index in [1.54, 1.807) is 6.08 Å². The molecule has 0 saturated carbocycles. The highest BCUT2D eigenvalue weighted by molar-refractivity contribution is 5.88. The molecule has 0 radical (unpaired) electrons. The number of imidazole rings is 1. The fourth-order valence-corrected chi connectivity index (χ4v) is 3.23. The smallest absolute Gasteiger partial charge is 0.330 e. The first kappa shape index (κ1) is 17.3. The predicted octanol–water partition coefficient (Wildman–Crippen LogP) is 3.05. The minimum atomic E-state index is -0.374. The second kappa shape index (κ2) is 7.63. The highest BCUT2D eigenvalue weighted by Gasteiger charge is 2.12. The van der Waals surface area contributed by atoms with E-state index >= 15 is 0 Å². The van der Waals surface area contributed by atoms with E-state index in [4.69, 9.17) is 4.74 Å². The third-order valence-corrected chi connectivity index (χ3v) is 4.67. The van der Waals surface area contributed by atoms with Crippen molar-refractivity contribution in [3.8, 4) is 5.69 Å². The van der Waals surface area contributed by atoms with Crippen LogP contribution in [0.1, 0.15) is 5.56 Å². The van der Waals surface area contributed by atoms with E-state index in [2.05, 4.69) is 43.5 Å². The van der Waals surface area contributed by atoms with E-state index in [9.17, 15) is 4.79 Å². The maximum absolute atomic E-state index is 11.3. The molecule has 0 unspecified atom stereocenters. The van der Waals surface area contributed by atoms with Crippen LogP contribution in [0.4, 0.5) is 5.69 Å². The summed E-state index contributed by atoms with van der Waals surface area (Å²) in [6.45, 7) is 3.34. The second-order valence-electron chi connectivity index (χ2n) is 6.34. The van der Waals surface area contributed by atoms with Gasteiger partial charge in [0.05, 0.1) is 31.4 Å². The Labute approximate surface area is 157 Å². The lowest BCUT2D eigenvalue weighted by Crippen LogP contribution is -2.36. The predicted molar refractivity (Wildman–Crippen MR) is 105 cm³/mol. The van der Waals surface area contributed by atoms with Crippen LogP contribution in [0.15, 0.2) is 54.9 Å². The lowest BCUT2D eigenvalue weighted by Gasteiger charge is -2.29. The summed E-state index contributed by atoms with van der Waals surface area (Å²) < 4.78 is 12.1. The Balaban J connectivity index is 1.64. The van der Waals surface area contributed by atoms with Gasteiger partial charge in [-0.3, -0.25) is 4.57 Å². The molecule has 3 aromatic rings. The summed E-state index contributed by atoms with van der Waals surface area (Å²) in [5, 5.41) is 0. The van der Waals surface area contributed by atoms with Crippen LogP contribution in [-0.2, 0) is 14.3 Å². The minimum absolute atomic E-state index is 0.374. The third-order valence-electron chi connectivity index (χ3n) is 4.67. The molecule has 4 rings (SSSR count). The fourth-order valence-electron chi connectivity index (χ4n) is 3.23. The maximum Gasteiger partial charge on any atom is 0.330 e. The summed E-state index contributed by atoms with van der Waals surface area (Å²) in [6.07, 6.45) is 4.96. The van der Waals surface area contributed by atoms with Gasteiger partial charge >= 0.3 is 5.97 Å². The number of ether oxygens (including phenoxy) is 2. The molecule has 6 heteroatoms. The van der Waals surface area contributed by atoms with Crippen molar-refractivity contribution in [1.29, 1.82) is 0 Å². The first-order valence-corrected chi connectivity index (χ1v) is 8.91. The number of benzene rings is 2. The quantitative estimate of drug-likeness (QED) is 0.527. The van der Waals surface area contributed by atoms with Crippen molar-refractivity contribution in [2.45, 2.75) is 0 Å². The van der Waals surface area contributed by atoms with E-state index in [1.807, 2.05) is 24.5 Å². The van der Waals surface area contributed by atoms with E-state index in [1.165, 1.54) is 18.9 Å². The van der Waals surface area contributed by atoms with E-state index < -0.39 is 0 Å². The standard InChI is InChI=1S/C21H21N3O3/c1-26-21(25)8-6-16-5-7-20-19(13-16)22-15-24(20)18-4-2-3-17(14-18)23-9-11-27-12-10-23/h2-8,13-15H,9-12H2,1H3. The van der Waals surface area contributed by atoms with Crippen molar-refractivity contribution in [2.24, 2.45) is 0 Å². The van der Waals surface area contributed by atoms with E-state index in [0.29, 0.717) is 0 Å².